The lowest BCUT2D eigenvalue weighted by Gasteiger charge is -2.10. The summed E-state index contributed by atoms with van der Waals surface area (Å²) in [5, 5.41) is 23.3. The zero-order chi connectivity index (χ0) is 17.1. The number of phenolic OH excluding ortho intramolecular Hbond substituents is 2. The Labute approximate surface area is 139 Å². The summed E-state index contributed by atoms with van der Waals surface area (Å²) < 4.78 is 13.2. The van der Waals surface area contributed by atoms with Crippen molar-refractivity contribution in [3.63, 3.8) is 0 Å². The first-order chi connectivity index (χ1) is 10.8. The summed E-state index contributed by atoms with van der Waals surface area (Å²) in [7, 11) is 0. The fourth-order valence-electron chi connectivity index (χ4n) is 1.64. The van der Waals surface area contributed by atoms with Gasteiger partial charge in [-0.3, -0.25) is 9.59 Å². The number of benzene rings is 2. The Morgan fingerprint density at radius 2 is 1.57 bits per heavy atom. The summed E-state index contributed by atoms with van der Waals surface area (Å²) in [5.41, 5.74) is -0.454. The molecular formula is C14H9Cl2FN2O4. The van der Waals surface area contributed by atoms with Crippen LogP contribution in [0.25, 0.3) is 0 Å². The minimum atomic E-state index is -1.19. The lowest BCUT2D eigenvalue weighted by atomic mass is 10.2. The molecule has 0 heterocycles. The van der Waals surface area contributed by atoms with E-state index in [-0.39, 0.29) is 21.4 Å². The number of anilines is 2. The molecule has 0 aromatic heterocycles. The van der Waals surface area contributed by atoms with E-state index in [0.29, 0.717) is 0 Å². The van der Waals surface area contributed by atoms with Gasteiger partial charge in [0.2, 0.25) is 0 Å². The lowest BCUT2D eigenvalue weighted by molar-refractivity contribution is -0.133. The maximum atomic E-state index is 13.2. The van der Waals surface area contributed by atoms with Gasteiger partial charge in [0.05, 0.1) is 16.4 Å². The highest BCUT2D eigenvalue weighted by atomic mass is 35.5. The average molecular weight is 359 g/mol. The normalized spacial score (nSPS) is 10.2. The van der Waals surface area contributed by atoms with E-state index < -0.39 is 29.1 Å². The molecule has 23 heavy (non-hydrogen) atoms. The van der Waals surface area contributed by atoms with Crippen LogP contribution in [0.3, 0.4) is 0 Å². The second-order valence-corrected chi connectivity index (χ2v) is 5.17. The van der Waals surface area contributed by atoms with Crippen LogP contribution >= 0.6 is 23.2 Å². The van der Waals surface area contributed by atoms with Crippen LogP contribution in [-0.4, -0.2) is 22.0 Å². The van der Waals surface area contributed by atoms with Crippen LogP contribution in [0.1, 0.15) is 0 Å². The summed E-state index contributed by atoms with van der Waals surface area (Å²) in [5.74, 6) is -4.60. The number of carbonyl (C=O) groups is 2. The van der Waals surface area contributed by atoms with Crippen molar-refractivity contribution in [1.82, 2.24) is 0 Å². The van der Waals surface area contributed by atoms with Gasteiger partial charge in [-0.25, -0.2) is 4.39 Å². The topological polar surface area (TPSA) is 98.7 Å². The molecule has 0 fully saturated rings. The third-order valence-corrected chi connectivity index (χ3v) is 3.22. The molecule has 2 amide bonds. The third-order valence-electron chi connectivity index (χ3n) is 2.72. The van der Waals surface area contributed by atoms with Crippen molar-refractivity contribution >= 4 is 46.4 Å². The molecule has 0 aliphatic heterocycles. The molecular weight excluding hydrogens is 350 g/mol. The number of para-hydroxylation sites is 1. The van der Waals surface area contributed by atoms with E-state index in [0.717, 1.165) is 6.07 Å². The van der Waals surface area contributed by atoms with E-state index >= 15 is 0 Å². The standard InChI is InChI=1S/C14H9Cl2FN2O4/c15-6-4-7(16)11(20)10(5-6)19-14(23)13(22)18-9-3-1-2-8(17)12(9)21/h1-5,20-21H,(H,18,22)(H,19,23). The fraction of sp³-hybridized carbons (Fsp3) is 0. The first-order valence-corrected chi connectivity index (χ1v) is 6.83. The summed E-state index contributed by atoms with van der Waals surface area (Å²) >= 11 is 11.4. The first-order valence-electron chi connectivity index (χ1n) is 6.07. The first kappa shape index (κ1) is 16.9. The van der Waals surface area contributed by atoms with Crippen LogP contribution in [-0.2, 0) is 9.59 Å². The molecule has 0 atom stereocenters. The molecule has 0 unspecified atom stereocenters. The number of rotatable bonds is 2. The van der Waals surface area contributed by atoms with E-state index in [1.54, 1.807) is 0 Å². The second-order valence-electron chi connectivity index (χ2n) is 4.33. The Balaban J connectivity index is 2.15. The maximum absolute atomic E-state index is 13.2. The summed E-state index contributed by atoms with van der Waals surface area (Å²) in [4.78, 5) is 23.5. The van der Waals surface area contributed by atoms with Crippen molar-refractivity contribution in [2.24, 2.45) is 0 Å². The molecule has 120 valence electrons. The number of halogens is 3. The SMILES string of the molecule is O=C(Nc1cccc(F)c1O)C(=O)Nc1cc(Cl)cc(Cl)c1O. The molecule has 6 nitrogen and oxygen atoms in total. The highest BCUT2D eigenvalue weighted by Crippen LogP contribution is 2.35. The van der Waals surface area contributed by atoms with Gasteiger partial charge < -0.3 is 20.8 Å². The lowest BCUT2D eigenvalue weighted by Crippen LogP contribution is -2.29. The Bertz CT molecular complexity index is 799. The van der Waals surface area contributed by atoms with Gasteiger partial charge in [0, 0.05) is 5.02 Å². The third kappa shape index (κ3) is 3.82. The van der Waals surface area contributed by atoms with Crippen LogP contribution in [0.15, 0.2) is 30.3 Å². The van der Waals surface area contributed by atoms with Crippen LogP contribution in [0.5, 0.6) is 11.5 Å². The van der Waals surface area contributed by atoms with Crippen LogP contribution in [0.2, 0.25) is 10.0 Å². The van der Waals surface area contributed by atoms with Crippen molar-refractivity contribution in [1.29, 1.82) is 0 Å². The Morgan fingerprint density at radius 3 is 2.22 bits per heavy atom. The molecule has 0 aliphatic carbocycles. The number of nitrogens with one attached hydrogen (secondary N) is 2. The zero-order valence-corrected chi connectivity index (χ0v) is 12.7. The van der Waals surface area contributed by atoms with E-state index in [4.69, 9.17) is 23.2 Å². The molecule has 2 rings (SSSR count). The predicted octanol–water partition coefficient (Wildman–Crippen LogP) is 3.12. The monoisotopic (exact) mass is 358 g/mol. The van der Waals surface area contributed by atoms with Gasteiger partial charge in [-0.1, -0.05) is 29.3 Å². The average Bonchev–Trinajstić information content (AvgIpc) is 2.48. The number of carbonyl (C=O) groups excluding carboxylic acids is 2. The van der Waals surface area contributed by atoms with Gasteiger partial charge in [-0.05, 0) is 24.3 Å². The van der Waals surface area contributed by atoms with Gasteiger partial charge in [0.1, 0.15) is 0 Å². The Kier molecular flexibility index (Phi) is 4.92. The van der Waals surface area contributed by atoms with Crippen molar-refractivity contribution in [2.45, 2.75) is 0 Å². The van der Waals surface area contributed by atoms with E-state index in [9.17, 15) is 24.2 Å². The van der Waals surface area contributed by atoms with Gasteiger partial charge >= 0.3 is 11.8 Å². The number of hydrogen-bond donors (Lipinski definition) is 4. The maximum Gasteiger partial charge on any atom is 0.314 e. The molecule has 0 saturated heterocycles. The molecule has 0 radical (unpaired) electrons. The number of amides is 2. The fourth-order valence-corrected chi connectivity index (χ4v) is 2.13. The van der Waals surface area contributed by atoms with Crippen molar-refractivity contribution in [3.8, 4) is 11.5 Å². The smallest absolute Gasteiger partial charge is 0.314 e. The molecule has 4 N–H and O–H groups in total. The zero-order valence-electron chi connectivity index (χ0n) is 11.2. The van der Waals surface area contributed by atoms with Gasteiger partial charge in [-0.2, -0.15) is 0 Å². The number of hydrogen-bond acceptors (Lipinski definition) is 4. The molecule has 0 aliphatic rings. The summed E-state index contributed by atoms with van der Waals surface area (Å²) in [6.07, 6.45) is 0. The Hall–Kier alpha value is -2.51. The molecule has 0 spiro atoms. The minimum Gasteiger partial charge on any atom is -0.504 e. The Morgan fingerprint density at radius 1 is 0.957 bits per heavy atom. The van der Waals surface area contributed by atoms with Crippen LogP contribution in [0.4, 0.5) is 15.8 Å². The molecule has 2 aromatic rings. The molecule has 0 bridgehead atoms. The highest BCUT2D eigenvalue weighted by Gasteiger charge is 2.19. The van der Waals surface area contributed by atoms with Crippen LogP contribution < -0.4 is 10.6 Å². The molecule has 9 heteroatoms. The number of phenols is 2. The van der Waals surface area contributed by atoms with Crippen molar-refractivity contribution < 1.29 is 24.2 Å². The number of aromatic hydroxyl groups is 2. The quantitative estimate of drug-likeness (QED) is 0.489. The van der Waals surface area contributed by atoms with Crippen molar-refractivity contribution in [2.75, 3.05) is 10.6 Å². The highest BCUT2D eigenvalue weighted by molar-refractivity contribution is 6.44. The summed E-state index contributed by atoms with van der Waals surface area (Å²) in [6.45, 7) is 0. The van der Waals surface area contributed by atoms with E-state index in [2.05, 4.69) is 5.32 Å². The molecule has 2 aromatic carbocycles. The van der Waals surface area contributed by atoms with E-state index in [1.165, 1.54) is 24.3 Å². The molecule has 0 saturated carbocycles. The largest absolute Gasteiger partial charge is 0.504 e. The van der Waals surface area contributed by atoms with Crippen LogP contribution in [0, 0.1) is 5.82 Å². The van der Waals surface area contributed by atoms with Gasteiger partial charge in [-0.15, -0.1) is 0 Å². The van der Waals surface area contributed by atoms with Gasteiger partial charge in [0.25, 0.3) is 0 Å². The predicted molar refractivity (Wildman–Crippen MR) is 83.5 cm³/mol. The second kappa shape index (κ2) is 6.72. The van der Waals surface area contributed by atoms with Gasteiger partial charge in [0.15, 0.2) is 17.3 Å². The van der Waals surface area contributed by atoms with E-state index in [1.807, 2.05) is 5.32 Å². The minimum absolute atomic E-state index is 0.115. The summed E-state index contributed by atoms with van der Waals surface area (Å²) in [6, 6.07) is 5.87. The van der Waals surface area contributed by atoms with Crippen molar-refractivity contribution in [3.05, 3.63) is 46.2 Å².